The molecule has 0 bridgehead atoms. The Bertz CT molecular complexity index is 2150. The number of thiophene rings is 1. The zero-order valence-electron chi connectivity index (χ0n) is 36.2. The number of aryl methyl sites for hydroxylation is 1. The quantitative estimate of drug-likeness (QED) is 0.0796. The second kappa shape index (κ2) is 17.7. The largest absolute Gasteiger partial charge is 0.495 e. The van der Waals surface area contributed by atoms with Gasteiger partial charge in [-0.25, -0.2) is 0 Å². The van der Waals surface area contributed by atoms with E-state index in [1.54, 1.807) is 11.6 Å². The van der Waals surface area contributed by atoms with Crippen molar-refractivity contribution in [1.82, 2.24) is 4.98 Å². The van der Waals surface area contributed by atoms with Crippen LogP contribution in [-0.4, -0.2) is 16.9 Å². The number of carbonyl (C=O) groups excluding carboxylic acids is 1. The van der Waals surface area contributed by atoms with Gasteiger partial charge < -0.3 is 4.74 Å². The third-order valence-corrected chi connectivity index (χ3v) is 13.1. The van der Waals surface area contributed by atoms with Crippen LogP contribution < -0.4 is 0 Å². The van der Waals surface area contributed by atoms with E-state index in [4.69, 9.17) is 9.72 Å². The molecule has 0 aliphatic heterocycles. The number of fused-ring (bicyclic) bond motifs is 6. The zero-order chi connectivity index (χ0) is 39.7. The molecule has 0 saturated heterocycles. The molecule has 299 valence electrons. The summed E-state index contributed by atoms with van der Waals surface area (Å²) in [5, 5.41) is 5.20. The fourth-order valence-electron chi connectivity index (χ4n) is 8.50. The third-order valence-electron chi connectivity index (χ3n) is 11.9. The number of benzene rings is 3. The van der Waals surface area contributed by atoms with E-state index in [9.17, 15) is 4.79 Å². The molecule has 55 heavy (non-hydrogen) atoms. The molecule has 6 rings (SSSR count). The Morgan fingerprint density at radius 3 is 2.11 bits per heavy atom. The monoisotopic (exact) mass is 937 g/mol. The van der Waals surface area contributed by atoms with Crippen LogP contribution in [0.15, 0.2) is 60.5 Å². The summed E-state index contributed by atoms with van der Waals surface area (Å²) in [7, 11) is 0. The summed E-state index contributed by atoms with van der Waals surface area (Å²) >= 11 is 1.95. The molecule has 0 unspecified atom stereocenters. The van der Waals surface area contributed by atoms with Crippen LogP contribution in [0.5, 0.6) is 0 Å². The van der Waals surface area contributed by atoms with Gasteiger partial charge in [0.15, 0.2) is 5.78 Å². The predicted octanol–water partition coefficient (Wildman–Crippen LogP) is 14.8. The summed E-state index contributed by atoms with van der Waals surface area (Å²) in [6.07, 6.45) is 10.2. The molecule has 0 atom stereocenters. The molecule has 1 aliphatic carbocycles. The number of rotatable bonds is 10. The number of ether oxygens (including phenoxy) is 1. The summed E-state index contributed by atoms with van der Waals surface area (Å²) in [6.45, 7) is 31.4. The number of allylic oxidation sites excluding steroid dienone is 2. The van der Waals surface area contributed by atoms with Gasteiger partial charge in [-0.3, -0.25) is 9.78 Å². The normalized spacial score (nSPS) is 15.3. The Kier molecular flexibility index (Phi) is 14.5. The summed E-state index contributed by atoms with van der Waals surface area (Å²) < 4.78 is 8.59. The number of hydrogen-bond donors (Lipinski definition) is 0. The van der Waals surface area contributed by atoms with E-state index < -0.39 is 0 Å². The van der Waals surface area contributed by atoms with Crippen molar-refractivity contribution >= 4 is 48.1 Å². The molecule has 3 nitrogen and oxygen atoms in total. The third kappa shape index (κ3) is 9.32. The maximum atomic E-state index is 12.2. The predicted molar refractivity (Wildman–Crippen MR) is 235 cm³/mol. The molecule has 3 aromatic carbocycles. The van der Waals surface area contributed by atoms with Gasteiger partial charge in [0, 0.05) is 64.7 Å². The van der Waals surface area contributed by atoms with Gasteiger partial charge in [0.25, 0.3) is 0 Å². The van der Waals surface area contributed by atoms with Crippen molar-refractivity contribution in [2.24, 2.45) is 11.8 Å². The second-order valence-electron chi connectivity index (χ2n) is 18.3. The van der Waals surface area contributed by atoms with Crippen LogP contribution in [0.3, 0.4) is 0 Å². The molecule has 0 N–H and O–H groups in total. The average molecular weight is 937 g/mol. The van der Waals surface area contributed by atoms with E-state index in [1.807, 2.05) is 31.4 Å². The molecule has 0 fully saturated rings. The minimum Gasteiger partial charge on any atom is -0.495 e. The first-order valence-electron chi connectivity index (χ1n) is 20.6. The van der Waals surface area contributed by atoms with Crippen LogP contribution in [0.2, 0.25) is 0 Å². The Hall–Kier alpha value is -2.85. The fraction of sp³-hybridized carbons (Fsp3) is 0.520. The Morgan fingerprint density at radius 1 is 0.891 bits per heavy atom. The van der Waals surface area contributed by atoms with Crippen LogP contribution in [0.25, 0.3) is 42.2 Å². The number of hydrogen-bond acceptors (Lipinski definition) is 4. The van der Waals surface area contributed by atoms with Crippen LogP contribution in [-0.2, 0) is 45.9 Å². The Morgan fingerprint density at radius 2 is 1.51 bits per heavy atom. The van der Waals surface area contributed by atoms with Gasteiger partial charge in [0.2, 0.25) is 0 Å². The molecular weight excluding hydrogens is 871 g/mol. The maximum absolute atomic E-state index is 12.2. The Labute approximate surface area is 350 Å². The second-order valence-corrected chi connectivity index (χ2v) is 19.3. The van der Waals surface area contributed by atoms with E-state index in [1.165, 1.54) is 55.1 Å². The van der Waals surface area contributed by atoms with Crippen molar-refractivity contribution in [3.8, 4) is 11.3 Å². The van der Waals surface area contributed by atoms with Crippen molar-refractivity contribution in [2.45, 2.75) is 158 Å². The number of pyridine rings is 1. The smallest absolute Gasteiger partial charge is 0.162 e. The van der Waals surface area contributed by atoms with Gasteiger partial charge in [-0.05, 0) is 104 Å². The molecule has 2 heterocycles. The van der Waals surface area contributed by atoms with Crippen LogP contribution >= 0.6 is 11.3 Å². The first kappa shape index (κ1) is 44.9. The van der Waals surface area contributed by atoms with Crippen molar-refractivity contribution in [1.29, 1.82) is 0 Å². The summed E-state index contributed by atoms with van der Waals surface area (Å²) in [4.78, 5) is 17.2. The van der Waals surface area contributed by atoms with Crippen LogP contribution in [0.1, 0.15) is 151 Å². The summed E-state index contributed by atoms with van der Waals surface area (Å²) in [5.74, 6) is 1.62. The SMILES string of the molecule is CCC(CC)C(=O)/C=C(\OC(C)C)C(CC)CC.Cc1cc2c(c3sc4c(-c5[c-]c6ccccc6c(C(C)(C)C)c5)nccc4c13)C(C)(C)CCC2(C)C.[Ir]. The first-order valence-corrected chi connectivity index (χ1v) is 21.4. The summed E-state index contributed by atoms with van der Waals surface area (Å²) in [5.41, 5.74) is 8.39. The van der Waals surface area contributed by atoms with Crippen molar-refractivity contribution in [3.63, 3.8) is 0 Å². The molecule has 0 saturated carbocycles. The number of nitrogens with zero attached hydrogens (tertiary/aromatic N) is 1. The van der Waals surface area contributed by atoms with E-state index in [0.29, 0.717) is 5.92 Å². The molecule has 5 heteroatoms. The van der Waals surface area contributed by atoms with E-state index >= 15 is 0 Å². The standard InChI is InChI=1S/C34H36NS.C16H30O2.Ir/c1-20-17-26-28(34(7,8)15-14-33(26,5)6)31-27(20)24-13-16-35-29(30(24)36-31)22-18-21-11-9-10-12-23(21)25(19-22)32(2,3)4;1-7-13(8-2)15(17)11-16(18-12(5)6)14(9-3)10-4;/h9-13,16-17,19H,14-15H2,1-8H3;11-14H,7-10H2,1-6H3;/q-1;;/b;16-11-;. The molecule has 1 aliphatic rings. The van der Waals surface area contributed by atoms with E-state index in [0.717, 1.165) is 48.1 Å². The van der Waals surface area contributed by atoms with Gasteiger partial charge in [-0.15, -0.1) is 40.5 Å². The van der Waals surface area contributed by atoms with Crippen molar-refractivity contribution in [3.05, 3.63) is 88.8 Å². The molecule has 0 amide bonds. The van der Waals surface area contributed by atoms with Crippen LogP contribution in [0.4, 0.5) is 0 Å². The first-order chi connectivity index (χ1) is 25.4. The van der Waals surface area contributed by atoms with Gasteiger partial charge in [0.05, 0.1) is 6.10 Å². The minimum absolute atomic E-state index is 0. The molecule has 2 aromatic heterocycles. The Balaban J connectivity index is 0.000000304. The molecule has 0 spiro atoms. The fourth-order valence-corrected chi connectivity index (χ4v) is 10.1. The molecular formula is C50H66IrNO2S-. The zero-order valence-corrected chi connectivity index (χ0v) is 39.4. The van der Waals surface area contributed by atoms with E-state index in [-0.39, 0.29) is 54.2 Å². The number of carbonyl (C=O) groups is 1. The number of ketones is 1. The average Bonchev–Trinajstić information content (AvgIpc) is 3.51. The summed E-state index contributed by atoms with van der Waals surface area (Å²) in [6, 6.07) is 19.4. The topological polar surface area (TPSA) is 39.2 Å². The minimum atomic E-state index is 0. The van der Waals surface area contributed by atoms with Gasteiger partial charge in [-0.1, -0.05) is 111 Å². The van der Waals surface area contributed by atoms with Crippen molar-refractivity contribution in [2.75, 3.05) is 0 Å². The van der Waals surface area contributed by atoms with E-state index in [2.05, 4.69) is 132 Å². The van der Waals surface area contributed by atoms with Crippen LogP contribution in [0, 0.1) is 24.8 Å². The van der Waals surface area contributed by atoms with Gasteiger partial charge >= 0.3 is 0 Å². The molecule has 5 aromatic rings. The van der Waals surface area contributed by atoms with Gasteiger partial charge in [-0.2, -0.15) is 0 Å². The van der Waals surface area contributed by atoms with Gasteiger partial charge in [0.1, 0.15) is 5.76 Å². The molecule has 1 radical (unpaired) electrons. The number of aromatic nitrogens is 1. The maximum Gasteiger partial charge on any atom is 0.162 e. The van der Waals surface area contributed by atoms with Crippen molar-refractivity contribution < 1.29 is 29.6 Å².